The smallest absolute Gasteiger partial charge is 0.0803 e. The summed E-state index contributed by atoms with van der Waals surface area (Å²) in [5.41, 5.74) is 1.07. The molecule has 0 heterocycles. The molecule has 3 heteroatoms. The summed E-state index contributed by atoms with van der Waals surface area (Å²) in [6, 6.07) is 6.14. The Morgan fingerprint density at radius 3 is 2.71 bits per heavy atom. The molecule has 1 atom stereocenters. The predicted octanol–water partition coefficient (Wildman–Crippen LogP) is 5.06. The van der Waals surface area contributed by atoms with E-state index in [1.54, 1.807) is 0 Å². The van der Waals surface area contributed by atoms with Crippen LogP contribution < -0.4 is 0 Å². The molecule has 0 amide bonds. The lowest BCUT2D eigenvalue weighted by atomic mass is 9.84. The van der Waals surface area contributed by atoms with Gasteiger partial charge >= 0.3 is 0 Å². The summed E-state index contributed by atoms with van der Waals surface area (Å²) in [6.07, 6.45) is 7.26. The summed E-state index contributed by atoms with van der Waals surface area (Å²) in [6.45, 7) is 0. The first-order valence-corrected chi connectivity index (χ1v) is 8.17. The molecule has 0 aliphatic heterocycles. The van der Waals surface area contributed by atoms with Gasteiger partial charge in [0.25, 0.3) is 0 Å². The second-order valence-corrected chi connectivity index (χ2v) is 7.00. The number of hydrogen-bond donors (Lipinski definition) is 1. The fraction of sp³-hybridized carbons (Fsp3) is 0.571. The first kappa shape index (κ1) is 13.8. The van der Waals surface area contributed by atoms with Crippen LogP contribution in [-0.4, -0.2) is 5.11 Å². The molecule has 0 spiro atoms. The lowest BCUT2D eigenvalue weighted by Gasteiger charge is -2.24. The predicted molar refractivity (Wildman–Crippen MR) is 83.0 cm³/mol. The van der Waals surface area contributed by atoms with Gasteiger partial charge in [-0.15, -0.1) is 0 Å². The van der Waals surface area contributed by atoms with Gasteiger partial charge in [-0.05, 0) is 58.7 Å². The summed E-state index contributed by atoms with van der Waals surface area (Å²) in [5, 5.41) is 10.4. The number of halogens is 2. The Morgan fingerprint density at radius 1 is 1.29 bits per heavy atom. The van der Waals surface area contributed by atoms with E-state index in [2.05, 4.69) is 50.7 Å². The molecule has 1 aromatic rings. The van der Waals surface area contributed by atoms with Crippen LogP contribution in [-0.2, 0) is 0 Å². The Labute approximate surface area is 125 Å². The summed E-state index contributed by atoms with van der Waals surface area (Å²) >= 11 is 5.78. The lowest BCUT2D eigenvalue weighted by Crippen LogP contribution is -2.11. The van der Waals surface area contributed by atoms with Gasteiger partial charge in [-0.1, -0.05) is 48.0 Å². The van der Waals surface area contributed by atoms with Crippen molar-refractivity contribution in [3.8, 4) is 0 Å². The van der Waals surface area contributed by atoms with E-state index in [1.807, 2.05) is 6.07 Å². The molecule has 0 saturated heterocycles. The fourth-order valence-electron chi connectivity index (χ4n) is 2.64. The third-order valence-corrected chi connectivity index (χ3v) is 5.07. The van der Waals surface area contributed by atoms with Gasteiger partial charge < -0.3 is 5.11 Å². The number of rotatable bonds is 3. The highest BCUT2D eigenvalue weighted by molar-refractivity contribution is 14.1. The minimum Gasteiger partial charge on any atom is -0.388 e. The van der Waals surface area contributed by atoms with E-state index < -0.39 is 0 Å². The topological polar surface area (TPSA) is 20.2 Å². The average molecular weight is 409 g/mol. The van der Waals surface area contributed by atoms with Crippen LogP contribution in [0.4, 0.5) is 0 Å². The quantitative estimate of drug-likeness (QED) is 0.693. The highest BCUT2D eigenvalue weighted by Gasteiger charge is 2.20. The summed E-state index contributed by atoms with van der Waals surface area (Å²) in [4.78, 5) is 0. The van der Waals surface area contributed by atoms with Crippen LogP contribution in [0.3, 0.4) is 0 Å². The minimum atomic E-state index is -0.303. The normalized spacial score (nSPS) is 19.2. The largest absolute Gasteiger partial charge is 0.388 e. The van der Waals surface area contributed by atoms with E-state index in [0.717, 1.165) is 20.0 Å². The molecule has 1 N–H and O–H groups in total. The summed E-state index contributed by atoms with van der Waals surface area (Å²) in [5.74, 6) is 0.716. The van der Waals surface area contributed by atoms with Gasteiger partial charge in [-0.3, -0.25) is 0 Å². The maximum atomic E-state index is 10.4. The Kier molecular flexibility index (Phi) is 5.30. The van der Waals surface area contributed by atoms with E-state index in [1.165, 1.54) is 32.1 Å². The van der Waals surface area contributed by atoms with Crippen molar-refractivity contribution in [2.45, 2.75) is 44.6 Å². The molecule has 0 aromatic heterocycles. The monoisotopic (exact) mass is 408 g/mol. The molecule has 94 valence electrons. The van der Waals surface area contributed by atoms with Gasteiger partial charge in [-0.2, -0.15) is 0 Å². The Hall–Kier alpha value is 0.390. The van der Waals surface area contributed by atoms with E-state index in [-0.39, 0.29) is 6.10 Å². The van der Waals surface area contributed by atoms with Gasteiger partial charge in [-0.25, -0.2) is 0 Å². The zero-order chi connectivity index (χ0) is 12.3. The van der Waals surface area contributed by atoms with Gasteiger partial charge in [0.1, 0.15) is 0 Å². The van der Waals surface area contributed by atoms with Crippen LogP contribution in [0.5, 0.6) is 0 Å². The minimum absolute atomic E-state index is 0.303. The number of aliphatic hydroxyl groups excluding tert-OH is 1. The molecule has 1 aliphatic rings. The van der Waals surface area contributed by atoms with E-state index in [0.29, 0.717) is 5.92 Å². The second-order valence-electron chi connectivity index (χ2n) is 4.92. The molecule has 1 fully saturated rings. The van der Waals surface area contributed by atoms with Gasteiger partial charge in [0.15, 0.2) is 0 Å². The van der Waals surface area contributed by atoms with Gasteiger partial charge in [0, 0.05) is 8.04 Å². The van der Waals surface area contributed by atoms with Crippen molar-refractivity contribution in [1.29, 1.82) is 0 Å². The molecule has 1 nitrogen and oxygen atoms in total. The van der Waals surface area contributed by atoms with Crippen molar-refractivity contribution in [1.82, 2.24) is 0 Å². The molecule has 17 heavy (non-hydrogen) atoms. The lowest BCUT2D eigenvalue weighted by molar-refractivity contribution is 0.130. The molecular formula is C14H18BrIO. The van der Waals surface area contributed by atoms with Crippen molar-refractivity contribution < 1.29 is 5.11 Å². The first-order valence-electron chi connectivity index (χ1n) is 6.30. The van der Waals surface area contributed by atoms with Crippen LogP contribution in [0.1, 0.15) is 50.2 Å². The Bertz CT molecular complexity index is 374. The molecule has 2 rings (SSSR count). The van der Waals surface area contributed by atoms with E-state index >= 15 is 0 Å². The van der Waals surface area contributed by atoms with Gasteiger partial charge in [0.05, 0.1) is 6.10 Å². The highest BCUT2D eigenvalue weighted by Crippen LogP contribution is 2.34. The Morgan fingerprint density at radius 2 is 2.00 bits per heavy atom. The summed E-state index contributed by atoms with van der Waals surface area (Å²) < 4.78 is 2.21. The molecule has 0 bridgehead atoms. The van der Waals surface area contributed by atoms with Crippen molar-refractivity contribution in [3.63, 3.8) is 0 Å². The maximum Gasteiger partial charge on any atom is 0.0803 e. The Balaban J connectivity index is 2.02. The van der Waals surface area contributed by atoms with Crippen molar-refractivity contribution >= 4 is 38.5 Å². The first-order chi connectivity index (χ1) is 8.16. The second kappa shape index (κ2) is 6.53. The fourth-order valence-corrected chi connectivity index (χ4v) is 3.71. The number of hydrogen-bond acceptors (Lipinski definition) is 1. The summed E-state index contributed by atoms with van der Waals surface area (Å²) in [7, 11) is 0. The van der Waals surface area contributed by atoms with Crippen molar-refractivity contribution in [2.24, 2.45) is 5.92 Å². The third kappa shape index (κ3) is 3.93. The van der Waals surface area contributed by atoms with Crippen LogP contribution in [0.2, 0.25) is 0 Å². The SMILES string of the molecule is OC(CC1CCCCC1)c1cc(Br)ccc1I. The highest BCUT2D eigenvalue weighted by atomic mass is 127. The van der Waals surface area contributed by atoms with Crippen LogP contribution in [0.25, 0.3) is 0 Å². The maximum absolute atomic E-state index is 10.4. The molecule has 0 radical (unpaired) electrons. The van der Waals surface area contributed by atoms with Gasteiger partial charge in [0.2, 0.25) is 0 Å². The van der Waals surface area contributed by atoms with Crippen molar-refractivity contribution in [3.05, 3.63) is 31.8 Å². The zero-order valence-corrected chi connectivity index (χ0v) is 13.6. The van der Waals surface area contributed by atoms with Crippen molar-refractivity contribution in [2.75, 3.05) is 0 Å². The third-order valence-electron chi connectivity index (χ3n) is 3.60. The van der Waals surface area contributed by atoms with E-state index in [4.69, 9.17) is 0 Å². The molecule has 1 aliphatic carbocycles. The van der Waals surface area contributed by atoms with Crippen LogP contribution >= 0.6 is 38.5 Å². The molecular weight excluding hydrogens is 391 g/mol. The number of aliphatic hydroxyl groups is 1. The molecule has 1 unspecified atom stereocenters. The zero-order valence-electron chi connectivity index (χ0n) is 9.83. The van der Waals surface area contributed by atoms with E-state index in [9.17, 15) is 5.11 Å². The van der Waals surface area contributed by atoms with Crippen LogP contribution in [0, 0.1) is 9.49 Å². The standard InChI is InChI=1S/C14H18BrIO/c15-11-6-7-13(16)12(9-11)14(17)8-10-4-2-1-3-5-10/h6-7,9-10,14,17H,1-5,8H2. The molecule has 1 saturated carbocycles. The average Bonchev–Trinajstić information content (AvgIpc) is 2.33. The molecule has 1 aromatic carbocycles. The number of benzene rings is 1. The van der Waals surface area contributed by atoms with Crippen LogP contribution in [0.15, 0.2) is 22.7 Å².